The molecule has 0 radical (unpaired) electrons. The second-order valence-corrected chi connectivity index (χ2v) is 4.67. The third-order valence-corrected chi connectivity index (χ3v) is 3.10. The van der Waals surface area contributed by atoms with Gasteiger partial charge in [-0.1, -0.05) is 12.8 Å². The standard InChI is InChI=1S/C13H19N3O2/c1-9-6-7-11(13(14)15-9)18-8-12(17)16-10-4-2-3-5-10/h6-7,10H,2-5,8H2,1H3,(H2,14,15)(H,16,17). The lowest BCUT2D eigenvalue weighted by atomic mass is 10.2. The number of nitrogens with one attached hydrogen (secondary N) is 1. The summed E-state index contributed by atoms with van der Waals surface area (Å²) < 4.78 is 5.36. The van der Waals surface area contributed by atoms with Crippen LogP contribution in [0.1, 0.15) is 31.4 Å². The predicted molar refractivity (Wildman–Crippen MR) is 69.3 cm³/mol. The molecule has 2 rings (SSSR count). The van der Waals surface area contributed by atoms with Crippen molar-refractivity contribution in [1.82, 2.24) is 10.3 Å². The molecule has 0 saturated heterocycles. The molecule has 1 saturated carbocycles. The number of ether oxygens (including phenoxy) is 1. The summed E-state index contributed by atoms with van der Waals surface area (Å²) in [6.07, 6.45) is 4.53. The van der Waals surface area contributed by atoms with Crippen LogP contribution in [0.15, 0.2) is 12.1 Å². The molecule has 1 aliphatic carbocycles. The first-order valence-corrected chi connectivity index (χ1v) is 6.30. The number of nitrogen functional groups attached to an aromatic ring is 1. The van der Waals surface area contributed by atoms with E-state index < -0.39 is 0 Å². The summed E-state index contributed by atoms with van der Waals surface area (Å²) >= 11 is 0. The van der Waals surface area contributed by atoms with E-state index in [1.54, 1.807) is 12.1 Å². The van der Waals surface area contributed by atoms with Crippen molar-refractivity contribution in [2.75, 3.05) is 12.3 Å². The first kappa shape index (κ1) is 12.7. The monoisotopic (exact) mass is 249 g/mol. The summed E-state index contributed by atoms with van der Waals surface area (Å²) in [6.45, 7) is 1.85. The van der Waals surface area contributed by atoms with E-state index in [1.165, 1.54) is 12.8 Å². The molecule has 5 nitrogen and oxygen atoms in total. The van der Waals surface area contributed by atoms with Crippen molar-refractivity contribution in [3.63, 3.8) is 0 Å². The number of anilines is 1. The maximum atomic E-state index is 11.7. The van der Waals surface area contributed by atoms with E-state index >= 15 is 0 Å². The second-order valence-electron chi connectivity index (χ2n) is 4.67. The van der Waals surface area contributed by atoms with Gasteiger partial charge < -0.3 is 15.8 Å². The van der Waals surface area contributed by atoms with Crippen molar-refractivity contribution >= 4 is 11.7 Å². The Labute approximate surface area is 107 Å². The van der Waals surface area contributed by atoms with Crippen LogP contribution in [0.2, 0.25) is 0 Å². The van der Waals surface area contributed by atoms with Crippen LogP contribution in [0.5, 0.6) is 5.75 Å². The van der Waals surface area contributed by atoms with Gasteiger partial charge in [-0.3, -0.25) is 4.79 Å². The van der Waals surface area contributed by atoms with Gasteiger partial charge in [0.15, 0.2) is 18.2 Å². The zero-order valence-electron chi connectivity index (χ0n) is 10.6. The molecule has 0 atom stereocenters. The molecule has 0 bridgehead atoms. The van der Waals surface area contributed by atoms with Crippen LogP contribution in [0.25, 0.3) is 0 Å². The Bertz CT molecular complexity index is 428. The van der Waals surface area contributed by atoms with E-state index in [-0.39, 0.29) is 12.5 Å². The quantitative estimate of drug-likeness (QED) is 0.845. The van der Waals surface area contributed by atoms with Crippen LogP contribution in [0, 0.1) is 6.92 Å². The summed E-state index contributed by atoms with van der Waals surface area (Å²) in [5.41, 5.74) is 6.53. The highest BCUT2D eigenvalue weighted by Crippen LogP contribution is 2.19. The second kappa shape index (κ2) is 5.71. The molecule has 0 aromatic carbocycles. The number of aryl methyl sites for hydroxylation is 1. The number of rotatable bonds is 4. The van der Waals surface area contributed by atoms with Crippen molar-refractivity contribution in [3.8, 4) is 5.75 Å². The highest BCUT2D eigenvalue weighted by Gasteiger charge is 2.17. The number of hydrogen-bond donors (Lipinski definition) is 2. The van der Waals surface area contributed by atoms with Crippen LogP contribution in [-0.2, 0) is 4.79 Å². The lowest BCUT2D eigenvalue weighted by Crippen LogP contribution is -2.36. The van der Waals surface area contributed by atoms with Crippen LogP contribution in [-0.4, -0.2) is 23.5 Å². The van der Waals surface area contributed by atoms with Crippen LogP contribution in [0.4, 0.5) is 5.82 Å². The zero-order valence-corrected chi connectivity index (χ0v) is 10.6. The Morgan fingerprint density at radius 2 is 2.22 bits per heavy atom. The van der Waals surface area contributed by atoms with Gasteiger partial charge in [0.05, 0.1) is 0 Å². The number of carbonyl (C=O) groups excluding carboxylic acids is 1. The summed E-state index contributed by atoms with van der Waals surface area (Å²) in [5.74, 6) is 0.688. The van der Waals surface area contributed by atoms with Gasteiger partial charge in [0.2, 0.25) is 0 Å². The van der Waals surface area contributed by atoms with Crippen LogP contribution in [0.3, 0.4) is 0 Å². The van der Waals surface area contributed by atoms with E-state index in [0.717, 1.165) is 18.5 Å². The fourth-order valence-electron chi connectivity index (χ4n) is 2.17. The van der Waals surface area contributed by atoms with Gasteiger partial charge in [-0.2, -0.15) is 0 Å². The lowest BCUT2D eigenvalue weighted by Gasteiger charge is -2.13. The Kier molecular flexibility index (Phi) is 4.02. The average molecular weight is 249 g/mol. The summed E-state index contributed by atoms with van der Waals surface area (Å²) in [5, 5.41) is 2.95. The maximum Gasteiger partial charge on any atom is 0.258 e. The number of pyridine rings is 1. The minimum absolute atomic E-state index is 0.00849. The molecule has 1 aromatic heterocycles. The fraction of sp³-hybridized carbons (Fsp3) is 0.538. The molecule has 0 spiro atoms. The van der Waals surface area contributed by atoms with Crippen LogP contribution < -0.4 is 15.8 Å². The first-order chi connectivity index (χ1) is 8.65. The van der Waals surface area contributed by atoms with Crippen LogP contribution >= 0.6 is 0 Å². The van der Waals surface area contributed by atoms with E-state index in [1.807, 2.05) is 6.92 Å². The van der Waals surface area contributed by atoms with E-state index in [4.69, 9.17) is 10.5 Å². The van der Waals surface area contributed by atoms with Gasteiger partial charge in [0, 0.05) is 11.7 Å². The molecule has 3 N–H and O–H groups in total. The highest BCUT2D eigenvalue weighted by molar-refractivity contribution is 5.78. The number of nitrogens with zero attached hydrogens (tertiary/aromatic N) is 1. The SMILES string of the molecule is Cc1ccc(OCC(=O)NC2CCCC2)c(N)n1. The Morgan fingerprint density at radius 3 is 2.89 bits per heavy atom. The molecular weight excluding hydrogens is 230 g/mol. The molecule has 1 heterocycles. The van der Waals surface area contributed by atoms with Gasteiger partial charge in [0.25, 0.3) is 5.91 Å². The van der Waals surface area contributed by atoms with E-state index in [0.29, 0.717) is 17.6 Å². The normalized spacial score (nSPS) is 15.6. The fourth-order valence-corrected chi connectivity index (χ4v) is 2.17. The molecule has 0 aliphatic heterocycles. The van der Waals surface area contributed by atoms with Crippen molar-refractivity contribution < 1.29 is 9.53 Å². The van der Waals surface area contributed by atoms with Crippen molar-refractivity contribution in [1.29, 1.82) is 0 Å². The Hall–Kier alpha value is -1.78. The van der Waals surface area contributed by atoms with Gasteiger partial charge in [-0.25, -0.2) is 4.98 Å². The van der Waals surface area contributed by atoms with Crippen molar-refractivity contribution in [2.24, 2.45) is 0 Å². The van der Waals surface area contributed by atoms with Gasteiger partial charge in [0.1, 0.15) is 0 Å². The van der Waals surface area contributed by atoms with Gasteiger partial charge >= 0.3 is 0 Å². The predicted octanol–water partition coefficient (Wildman–Crippen LogP) is 1.41. The van der Waals surface area contributed by atoms with E-state index in [2.05, 4.69) is 10.3 Å². The summed E-state index contributed by atoms with van der Waals surface area (Å²) in [4.78, 5) is 15.7. The minimum atomic E-state index is -0.0955. The topological polar surface area (TPSA) is 77.2 Å². The number of amides is 1. The number of aromatic nitrogens is 1. The smallest absolute Gasteiger partial charge is 0.258 e. The lowest BCUT2D eigenvalue weighted by molar-refractivity contribution is -0.123. The first-order valence-electron chi connectivity index (χ1n) is 6.30. The van der Waals surface area contributed by atoms with Gasteiger partial charge in [-0.05, 0) is 31.9 Å². The maximum absolute atomic E-state index is 11.7. The molecule has 0 unspecified atom stereocenters. The Morgan fingerprint density at radius 1 is 1.50 bits per heavy atom. The molecule has 1 aliphatic rings. The zero-order chi connectivity index (χ0) is 13.0. The molecule has 1 fully saturated rings. The Balaban J connectivity index is 1.81. The number of carbonyl (C=O) groups is 1. The molecule has 98 valence electrons. The molecule has 1 aromatic rings. The average Bonchev–Trinajstić information content (AvgIpc) is 2.80. The molecule has 1 amide bonds. The number of hydrogen-bond acceptors (Lipinski definition) is 4. The summed E-state index contributed by atoms with van der Waals surface area (Å²) in [7, 11) is 0. The van der Waals surface area contributed by atoms with E-state index in [9.17, 15) is 4.79 Å². The summed E-state index contributed by atoms with van der Waals surface area (Å²) in [6, 6.07) is 3.86. The largest absolute Gasteiger partial charge is 0.480 e. The minimum Gasteiger partial charge on any atom is -0.480 e. The third-order valence-electron chi connectivity index (χ3n) is 3.10. The van der Waals surface area contributed by atoms with Crippen molar-refractivity contribution in [3.05, 3.63) is 17.8 Å². The molecule has 5 heteroatoms. The number of nitrogens with two attached hydrogens (primary N) is 1. The van der Waals surface area contributed by atoms with Gasteiger partial charge in [-0.15, -0.1) is 0 Å². The van der Waals surface area contributed by atoms with Crippen molar-refractivity contribution in [2.45, 2.75) is 38.6 Å². The molecular formula is C13H19N3O2. The highest BCUT2D eigenvalue weighted by atomic mass is 16.5. The molecule has 18 heavy (non-hydrogen) atoms. The third kappa shape index (κ3) is 3.35.